The molecular formula is C17H20ClN3O5S. The summed E-state index contributed by atoms with van der Waals surface area (Å²) in [5, 5.41) is 0.565. The largest absolute Gasteiger partial charge is 0.331 e. The van der Waals surface area contributed by atoms with Gasteiger partial charge in [-0.25, -0.2) is 13.2 Å². The molecular weight excluding hydrogens is 394 g/mol. The average Bonchev–Trinajstić information content (AvgIpc) is 2.54. The highest BCUT2D eigenvalue weighted by molar-refractivity contribution is 7.89. The van der Waals surface area contributed by atoms with Crippen LogP contribution < -0.4 is 16.0 Å². The number of amides is 1. The number of hydrogen-bond donors (Lipinski definition) is 1. The Bertz CT molecular complexity index is 1070. The van der Waals surface area contributed by atoms with E-state index < -0.39 is 32.6 Å². The van der Waals surface area contributed by atoms with Crippen molar-refractivity contribution in [2.24, 2.45) is 5.41 Å². The van der Waals surface area contributed by atoms with Gasteiger partial charge in [-0.2, -0.15) is 0 Å². The van der Waals surface area contributed by atoms with Crippen molar-refractivity contribution < 1.29 is 13.2 Å². The number of benzene rings is 1. The zero-order valence-corrected chi connectivity index (χ0v) is 16.7. The van der Waals surface area contributed by atoms with E-state index in [2.05, 4.69) is 0 Å². The topological polar surface area (TPSA) is 107 Å². The Morgan fingerprint density at radius 1 is 1.15 bits per heavy atom. The second-order valence-corrected chi connectivity index (χ2v) is 9.05. The number of carbonyl (C=O) groups is 1. The van der Waals surface area contributed by atoms with Crippen LogP contribution in [0.15, 0.2) is 46.1 Å². The van der Waals surface area contributed by atoms with Gasteiger partial charge in [0.25, 0.3) is 5.56 Å². The van der Waals surface area contributed by atoms with E-state index in [0.29, 0.717) is 5.02 Å². The Hall–Kier alpha value is -2.39. The summed E-state index contributed by atoms with van der Waals surface area (Å²) in [6.07, 6.45) is 2.23. The van der Waals surface area contributed by atoms with Crippen LogP contribution >= 0.6 is 11.6 Å². The molecule has 0 bridgehead atoms. The van der Waals surface area contributed by atoms with Crippen LogP contribution in [0.3, 0.4) is 0 Å². The summed E-state index contributed by atoms with van der Waals surface area (Å²) in [7, 11) is -3.75. The second-order valence-electron chi connectivity index (χ2n) is 6.86. The monoisotopic (exact) mass is 413 g/mol. The number of rotatable bonds is 6. The van der Waals surface area contributed by atoms with Gasteiger partial charge in [-0.3, -0.25) is 23.4 Å². The number of aromatic nitrogens is 2. The molecule has 1 heterocycles. The molecule has 8 nitrogen and oxygen atoms in total. The van der Waals surface area contributed by atoms with E-state index in [9.17, 15) is 22.8 Å². The maximum absolute atomic E-state index is 12.7. The van der Waals surface area contributed by atoms with Gasteiger partial charge in [0.1, 0.15) is 0 Å². The van der Waals surface area contributed by atoms with Crippen LogP contribution in [0.25, 0.3) is 0 Å². The SMILES string of the molecule is CC(C)(Cn1c(=O)ccn(Cc2ccc(Cl)cc2)c1=O)C(=O)NS(C)(=O)=O. The predicted molar refractivity (Wildman–Crippen MR) is 102 cm³/mol. The van der Waals surface area contributed by atoms with E-state index in [4.69, 9.17) is 11.6 Å². The number of sulfonamides is 1. The summed E-state index contributed by atoms with van der Waals surface area (Å²) in [5.74, 6) is -0.801. The first kappa shape index (κ1) is 20.9. The third-order valence-electron chi connectivity index (χ3n) is 3.85. The fourth-order valence-electron chi connectivity index (χ4n) is 2.38. The number of halogens is 1. The molecule has 0 aliphatic carbocycles. The minimum atomic E-state index is -3.75. The number of nitrogens with one attached hydrogen (secondary N) is 1. The van der Waals surface area contributed by atoms with E-state index in [1.807, 2.05) is 4.72 Å². The zero-order valence-electron chi connectivity index (χ0n) is 15.1. The van der Waals surface area contributed by atoms with Gasteiger partial charge in [0, 0.05) is 23.8 Å². The lowest BCUT2D eigenvalue weighted by atomic mass is 9.92. The van der Waals surface area contributed by atoms with Crippen LogP contribution in [0, 0.1) is 5.41 Å². The van der Waals surface area contributed by atoms with Crippen LogP contribution in [0.2, 0.25) is 5.02 Å². The second kappa shape index (κ2) is 7.69. The molecule has 0 saturated carbocycles. The first-order valence-corrected chi connectivity index (χ1v) is 10.2. The molecule has 146 valence electrons. The highest BCUT2D eigenvalue weighted by atomic mass is 35.5. The molecule has 1 aromatic carbocycles. The van der Waals surface area contributed by atoms with Crippen molar-refractivity contribution >= 4 is 27.5 Å². The molecule has 0 atom stereocenters. The maximum atomic E-state index is 12.7. The summed E-state index contributed by atoms with van der Waals surface area (Å²) in [5.41, 5.74) is -1.67. The van der Waals surface area contributed by atoms with Crippen molar-refractivity contribution in [3.8, 4) is 0 Å². The fraction of sp³-hybridized carbons (Fsp3) is 0.353. The van der Waals surface area contributed by atoms with Crippen LogP contribution in [0.4, 0.5) is 0 Å². The third kappa shape index (κ3) is 5.54. The van der Waals surface area contributed by atoms with Gasteiger partial charge in [0.15, 0.2) is 0 Å². The fourth-order valence-corrected chi connectivity index (χ4v) is 3.12. The Balaban J connectivity index is 2.34. The highest BCUT2D eigenvalue weighted by Crippen LogP contribution is 2.17. The summed E-state index contributed by atoms with van der Waals surface area (Å²) in [4.78, 5) is 37.0. The lowest BCUT2D eigenvalue weighted by molar-refractivity contribution is -0.128. The Kier molecular flexibility index (Phi) is 5.96. The van der Waals surface area contributed by atoms with E-state index in [1.165, 1.54) is 30.7 Å². The summed E-state index contributed by atoms with van der Waals surface area (Å²) in [6, 6.07) is 8.12. The van der Waals surface area contributed by atoms with Crippen molar-refractivity contribution in [1.29, 1.82) is 0 Å². The number of carbonyl (C=O) groups excluding carboxylic acids is 1. The number of hydrogen-bond acceptors (Lipinski definition) is 5. The molecule has 0 fully saturated rings. The molecule has 0 unspecified atom stereocenters. The molecule has 1 amide bonds. The van der Waals surface area contributed by atoms with Gasteiger partial charge in [0.05, 0.1) is 18.2 Å². The Morgan fingerprint density at radius 2 is 1.74 bits per heavy atom. The Morgan fingerprint density at radius 3 is 2.30 bits per heavy atom. The van der Waals surface area contributed by atoms with Crippen LogP contribution in [-0.4, -0.2) is 29.7 Å². The maximum Gasteiger partial charge on any atom is 0.331 e. The van der Waals surface area contributed by atoms with Crippen LogP contribution in [-0.2, 0) is 27.9 Å². The standard InChI is InChI=1S/C17H20ClN3O5S/c1-17(2,15(23)19-27(3,25)26)11-21-14(22)8-9-20(16(21)24)10-12-4-6-13(18)7-5-12/h4-9H,10-11H2,1-3H3,(H,19,23). The first-order chi connectivity index (χ1) is 12.4. The molecule has 0 aliphatic heterocycles. The van der Waals surface area contributed by atoms with Gasteiger partial charge in [-0.05, 0) is 31.5 Å². The lowest BCUT2D eigenvalue weighted by Crippen LogP contribution is -2.48. The molecule has 0 radical (unpaired) electrons. The molecule has 0 saturated heterocycles. The van der Waals surface area contributed by atoms with Crippen molar-refractivity contribution in [3.63, 3.8) is 0 Å². The minimum absolute atomic E-state index is 0.215. The summed E-state index contributed by atoms with van der Waals surface area (Å²) >= 11 is 5.85. The quantitative estimate of drug-likeness (QED) is 0.754. The third-order valence-corrected chi connectivity index (χ3v) is 4.66. The smallest absolute Gasteiger partial charge is 0.296 e. The van der Waals surface area contributed by atoms with E-state index in [1.54, 1.807) is 24.3 Å². The van der Waals surface area contributed by atoms with Crippen LogP contribution in [0.5, 0.6) is 0 Å². The normalized spacial score (nSPS) is 12.0. The van der Waals surface area contributed by atoms with Gasteiger partial charge >= 0.3 is 5.69 Å². The van der Waals surface area contributed by atoms with Gasteiger partial charge in [0.2, 0.25) is 15.9 Å². The highest BCUT2D eigenvalue weighted by Gasteiger charge is 2.31. The van der Waals surface area contributed by atoms with E-state index >= 15 is 0 Å². The first-order valence-electron chi connectivity index (χ1n) is 7.96. The van der Waals surface area contributed by atoms with Crippen molar-refractivity contribution in [3.05, 3.63) is 68.0 Å². The minimum Gasteiger partial charge on any atom is -0.296 e. The molecule has 0 aliphatic rings. The molecule has 0 spiro atoms. The Labute approximate surface area is 161 Å². The summed E-state index contributed by atoms with van der Waals surface area (Å²) in [6.45, 7) is 2.85. The van der Waals surface area contributed by atoms with Gasteiger partial charge < -0.3 is 0 Å². The summed E-state index contributed by atoms with van der Waals surface area (Å²) < 4.78 is 26.7. The van der Waals surface area contributed by atoms with Gasteiger partial charge in [-0.15, -0.1) is 0 Å². The molecule has 2 rings (SSSR count). The molecule has 1 aromatic heterocycles. The van der Waals surface area contributed by atoms with Crippen molar-refractivity contribution in [2.45, 2.75) is 26.9 Å². The van der Waals surface area contributed by atoms with Gasteiger partial charge in [-0.1, -0.05) is 23.7 Å². The molecule has 27 heavy (non-hydrogen) atoms. The van der Waals surface area contributed by atoms with E-state index in [-0.39, 0.29) is 13.1 Å². The van der Waals surface area contributed by atoms with Crippen LogP contribution in [0.1, 0.15) is 19.4 Å². The van der Waals surface area contributed by atoms with Crippen molar-refractivity contribution in [2.75, 3.05) is 6.26 Å². The number of nitrogens with zero attached hydrogens (tertiary/aromatic N) is 2. The zero-order chi connectivity index (χ0) is 20.4. The molecule has 2 aromatic rings. The lowest BCUT2D eigenvalue weighted by Gasteiger charge is -2.23. The molecule has 10 heteroatoms. The average molecular weight is 414 g/mol. The van der Waals surface area contributed by atoms with Crippen molar-refractivity contribution in [1.82, 2.24) is 13.9 Å². The van der Waals surface area contributed by atoms with E-state index in [0.717, 1.165) is 16.4 Å². The predicted octanol–water partition coefficient (Wildman–Crippen LogP) is 0.814. The molecule has 1 N–H and O–H groups in total.